The van der Waals surface area contributed by atoms with E-state index in [0.29, 0.717) is 19.8 Å². The maximum Gasteiger partial charge on any atom is 0.152 e. The number of thiophene rings is 1. The van der Waals surface area contributed by atoms with Crippen LogP contribution in [0.1, 0.15) is 40.7 Å². The first kappa shape index (κ1) is 18.9. The molecular weight excluding hydrogens is 408 g/mol. The van der Waals surface area contributed by atoms with Crippen molar-refractivity contribution in [1.29, 1.82) is 0 Å². The first-order valence-electron chi connectivity index (χ1n) is 10.9. The molecule has 2 aliphatic rings. The Balaban J connectivity index is 1.41. The third-order valence-electron chi connectivity index (χ3n) is 6.25. The number of nitrogens with zero attached hydrogens (tertiary/aromatic N) is 6. The summed E-state index contributed by atoms with van der Waals surface area (Å²) in [5, 5.41) is 5.77. The second kappa shape index (κ2) is 8.01. The van der Waals surface area contributed by atoms with Crippen molar-refractivity contribution in [3.05, 3.63) is 64.8 Å². The lowest BCUT2D eigenvalue weighted by atomic mass is 9.96. The summed E-state index contributed by atoms with van der Waals surface area (Å²) >= 11 is 1.84. The van der Waals surface area contributed by atoms with Crippen molar-refractivity contribution in [2.24, 2.45) is 0 Å². The smallest absolute Gasteiger partial charge is 0.152 e. The van der Waals surface area contributed by atoms with Crippen molar-refractivity contribution in [2.45, 2.75) is 38.3 Å². The number of ether oxygens (including phenoxy) is 1. The van der Waals surface area contributed by atoms with E-state index in [1.165, 1.54) is 34.2 Å². The number of aryl methyl sites for hydroxylation is 2. The summed E-state index contributed by atoms with van der Waals surface area (Å²) < 4.78 is 7.89. The first-order chi connectivity index (χ1) is 15.4. The average Bonchev–Trinajstić information content (AvgIpc) is 3.44. The van der Waals surface area contributed by atoms with E-state index in [1.54, 1.807) is 12.7 Å². The highest BCUT2D eigenvalue weighted by Crippen LogP contribution is 2.41. The van der Waals surface area contributed by atoms with Crippen LogP contribution in [-0.4, -0.2) is 44.5 Å². The molecule has 0 amide bonds. The van der Waals surface area contributed by atoms with E-state index < -0.39 is 0 Å². The van der Waals surface area contributed by atoms with Crippen molar-refractivity contribution in [3.8, 4) is 0 Å². The van der Waals surface area contributed by atoms with Gasteiger partial charge in [-0.15, -0.1) is 11.3 Å². The van der Waals surface area contributed by atoms with Gasteiger partial charge in [0.1, 0.15) is 29.3 Å². The topological polar surface area (TPSA) is 69.0 Å². The first-order valence-corrected chi connectivity index (χ1v) is 11.7. The molecule has 31 heavy (non-hydrogen) atoms. The Hall–Kier alpha value is -2.84. The minimum absolute atomic E-state index is 0.0304. The largest absolute Gasteiger partial charge is 0.377 e. The third kappa shape index (κ3) is 3.40. The van der Waals surface area contributed by atoms with Crippen LogP contribution in [0.2, 0.25) is 0 Å². The van der Waals surface area contributed by atoms with Crippen molar-refractivity contribution in [3.63, 3.8) is 0 Å². The molecule has 1 aliphatic carbocycles. The van der Waals surface area contributed by atoms with Crippen LogP contribution in [-0.2, 0) is 24.1 Å². The van der Waals surface area contributed by atoms with Crippen LogP contribution in [0, 0.1) is 0 Å². The Labute approximate surface area is 184 Å². The quantitative estimate of drug-likeness (QED) is 0.489. The molecule has 0 N–H and O–H groups in total. The number of aromatic nitrogens is 5. The third-order valence-corrected chi connectivity index (χ3v) is 7.45. The van der Waals surface area contributed by atoms with Crippen molar-refractivity contribution < 1.29 is 4.74 Å². The summed E-state index contributed by atoms with van der Waals surface area (Å²) in [7, 11) is 0. The van der Waals surface area contributed by atoms with E-state index in [2.05, 4.69) is 44.2 Å². The van der Waals surface area contributed by atoms with Gasteiger partial charge >= 0.3 is 0 Å². The second-order valence-electron chi connectivity index (χ2n) is 8.13. The molecule has 0 saturated carbocycles. The van der Waals surface area contributed by atoms with Crippen molar-refractivity contribution in [1.82, 2.24) is 24.7 Å². The predicted molar refractivity (Wildman–Crippen MR) is 121 cm³/mol. The van der Waals surface area contributed by atoms with E-state index in [1.807, 2.05) is 22.1 Å². The summed E-state index contributed by atoms with van der Waals surface area (Å²) in [4.78, 5) is 19.0. The zero-order valence-electron chi connectivity index (χ0n) is 17.3. The summed E-state index contributed by atoms with van der Waals surface area (Å²) in [6, 6.07) is 10.3. The lowest BCUT2D eigenvalue weighted by Gasteiger charge is -2.36. The summed E-state index contributed by atoms with van der Waals surface area (Å²) in [6.07, 6.45) is 8.15. The van der Waals surface area contributed by atoms with Crippen molar-refractivity contribution >= 4 is 27.4 Å². The molecule has 6 rings (SSSR count). The molecule has 1 aromatic carbocycles. The SMILES string of the molecule is c1ccc(Cn2ncnc2[C@@H]2COCCN2c2ncnc3sc4c(c23)CCCC4)cc1. The molecule has 0 spiro atoms. The zero-order valence-corrected chi connectivity index (χ0v) is 18.1. The van der Waals surface area contributed by atoms with Gasteiger partial charge in [0.05, 0.1) is 25.1 Å². The molecule has 1 saturated heterocycles. The molecule has 1 atom stereocenters. The van der Waals surface area contributed by atoms with E-state index in [4.69, 9.17) is 9.72 Å². The molecule has 1 fully saturated rings. The van der Waals surface area contributed by atoms with Crippen LogP contribution in [0.25, 0.3) is 10.2 Å². The molecule has 0 radical (unpaired) electrons. The molecule has 0 bridgehead atoms. The fourth-order valence-corrected chi connectivity index (χ4v) is 6.00. The maximum atomic E-state index is 5.91. The van der Waals surface area contributed by atoms with Gasteiger partial charge in [-0.1, -0.05) is 30.3 Å². The molecule has 3 aromatic heterocycles. The predicted octanol–water partition coefficient (Wildman–Crippen LogP) is 3.79. The Morgan fingerprint density at radius 3 is 2.87 bits per heavy atom. The Morgan fingerprint density at radius 2 is 1.94 bits per heavy atom. The Kier molecular flexibility index (Phi) is 4.88. The average molecular weight is 433 g/mol. The van der Waals surface area contributed by atoms with Crippen LogP contribution in [0.4, 0.5) is 5.82 Å². The van der Waals surface area contributed by atoms with Gasteiger partial charge in [-0.2, -0.15) is 5.10 Å². The van der Waals surface area contributed by atoms with Gasteiger partial charge in [-0.05, 0) is 36.8 Å². The van der Waals surface area contributed by atoms with Gasteiger partial charge in [-0.3, -0.25) is 0 Å². The van der Waals surface area contributed by atoms with Gasteiger partial charge < -0.3 is 9.64 Å². The summed E-state index contributed by atoms with van der Waals surface area (Å²) in [6.45, 7) is 2.72. The van der Waals surface area contributed by atoms with Crippen LogP contribution in [0.5, 0.6) is 0 Å². The number of fused-ring (bicyclic) bond motifs is 3. The van der Waals surface area contributed by atoms with E-state index in [-0.39, 0.29) is 6.04 Å². The van der Waals surface area contributed by atoms with Gasteiger partial charge in [0.25, 0.3) is 0 Å². The summed E-state index contributed by atoms with van der Waals surface area (Å²) in [5.74, 6) is 1.94. The lowest BCUT2D eigenvalue weighted by Crippen LogP contribution is -2.41. The molecular formula is C23H24N6OS. The van der Waals surface area contributed by atoms with Crippen LogP contribution >= 0.6 is 11.3 Å². The zero-order chi connectivity index (χ0) is 20.6. The van der Waals surface area contributed by atoms with Gasteiger partial charge in [0.15, 0.2) is 5.82 Å². The number of morpholine rings is 1. The molecule has 8 heteroatoms. The number of rotatable bonds is 4. The minimum atomic E-state index is -0.0304. The van der Waals surface area contributed by atoms with Crippen molar-refractivity contribution in [2.75, 3.05) is 24.7 Å². The molecule has 7 nitrogen and oxygen atoms in total. The molecule has 0 unspecified atom stereocenters. The molecule has 158 valence electrons. The Morgan fingerprint density at radius 1 is 1.03 bits per heavy atom. The van der Waals surface area contributed by atoms with Gasteiger partial charge in [0.2, 0.25) is 0 Å². The number of anilines is 1. The number of hydrogen-bond donors (Lipinski definition) is 0. The van der Waals surface area contributed by atoms with E-state index >= 15 is 0 Å². The maximum absolute atomic E-state index is 5.91. The van der Waals surface area contributed by atoms with E-state index in [0.717, 1.165) is 35.9 Å². The molecule has 4 heterocycles. The highest BCUT2D eigenvalue weighted by atomic mass is 32.1. The standard InChI is InChI=1S/C23H24N6OS/c1-2-6-16(7-3-1)12-29-21(25-15-27-29)18-13-30-11-10-28(18)22-20-17-8-4-5-9-19(17)31-23(20)26-14-24-22/h1-3,6-7,14-15,18H,4-5,8-13H2/t18-/m0/s1. The molecule has 4 aromatic rings. The second-order valence-corrected chi connectivity index (χ2v) is 9.22. The monoisotopic (exact) mass is 432 g/mol. The highest BCUT2D eigenvalue weighted by molar-refractivity contribution is 7.19. The van der Waals surface area contributed by atoms with Gasteiger partial charge in [0, 0.05) is 11.4 Å². The van der Waals surface area contributed by atoms with E-state index in [9.17, 15) is 0 Å². The number of benzene rings is 1. The van der Waals surface area contributed by atoms with Gasteiger partial charge in [-0.25, -0.2) is 19.6 Å². The van der Waals surface area contributed by atoms with Crippen LogP contribution in [0.15, 0.2) is 43.0 Å². The fraction of sp³-hybridized carbons (Fsp3) is 0.391. The summed E-state index contributed by atoms with van der Waals surface area (Å²) in [5.41, 5.74) is 2.66. The highest BCUT2D eigenvalue weighted by Gasteiger charge is 2.32. The molecule has 1 aliphatic heterocycles. The Bertz CT molecular complexity index is 1200. The van der Waals surface area contributed by atoms with Crippen LogP contribution < -0.4 is 4.90 Å². The lowest BCUT2D eigenvalue weighted by molar-refractivity contribution is 0.0901. The van der Waals surface area contributed by atoms with Crippen LogP contribution in [0.3, 0.4) is 0 Å². The minimum Gasteiger partial charge on any atom is -0.377 e. The fourth-order valence-electron chi connectivity index (χ4n) is 4.77. The normalized spacial score (nSPS) is 19.0. The number of hydrogen-bond acceptors (Lipinski definition) is 7.